The lowest BCUT2D eigenvalue weighted by Gasteiger charge is -2.27. The summed E-state index contributed by atoms with van der Waals surface area (Å²) in [6, 6.07) is 6.24. The van der Waals surface area contributed by atoms with Crippen LogP contribution in [0.4, 0.5) is 0 Å². The molecule has 0 amide bonds. The van der Waals surface area contributed by atoms with Gasteiger partial charge in [0, 0.05) is 19.2 Å². The van der Waals surface area contributed by atoms with E-state index < -0.39 is 10.0 Å². The van der Waals surface area contributed by atoms with Gasteiger partial charge >= 0.3 is 0 Å². The highest BCUT2D eigenvalue weighted by molar-refractivity contribution is 7.89. The fourth-order valence-electron chi connectivity index (χ4n) is 2.58. The number of carbonyl (C=O) groups excluding carboxylic acids is 1. The quantitative estimate of drug-likeness (QED) is 0.837. The molecule has 5 nitrogen and oxygen atoms in total. The Labute approximate surface area is 126 Å². The van der Waals surface area contributed by atoms with Crippen molar-refractivity contribution in [3.8, 4) is 0 Å². The summed E-state index contributed by atoms with van der Waals surface area (Å²) in [4.78, 5) is 11.6. The van der Waals surface area contributed by atoms with Crippen LogP contribution in [0.25, 0.3) is 0 Å². The van der Waals surface area contributed by atoms with E-state index in [-0.39, 0.29) is 10.7 Å². The van der Waals surface area contributed by atoms with E-state index in [0.717, 1.165) is 25.9 Å². The zero-order chi connectivity index (χ0) is 15.5. The Morgan fingerprint density at radius 3 is 2.62 bits per heavy atom. The Morgan fingerprint density at radius 2 is 2.00 bits per heavy atom. The van der Waals surface area contributed by atoms with Gasteiger partial charge in [-0.2, -0.15) is 0 Å². The van der Waals surface area contributed by atoms with Gasteiger partial charge in [-0.1, -0.05) is 12.1 Å². The van der Waals surface area contributed by atoms with Crippen molar-refractivity contribution < 1.29 is 13.2 Å². The normalized spacial score (nSPS) is 17.1. The van der Waals surface area contributed by atoms with Gasteiger partial charge in [-0.25, -0.2) is 12.7 Å². The number of rotatable bonds is 5. The molecule has 0 unspecified atom stereocenters. The fraction of sp³-hybridized carbons (Fsp3) is 0.533. The van der Waals surface area contributed by atoms with Crippen molar-refractivity contribution >= 4 is 15.8 Å². The summed E-state index contributed by atoms with van der Waals surface area (Å²) < 4.78 is 26.6. The van der Waals surface area contributed by atoms with Gasteiger partial charge < -0.3 is 5.32 Å². The fourth-order valence-corrected chi connectivity index (χ4v) is 3.87. The van der Waals surface area contributed by atoms with Crippen LogP contribution in [0.1, 0.15) is 30.1 Å². The molecule has 0 atom stereocenters. The number of Topliss-reactive ketones (excluding diaryl/α,β-unsaturated/α-hetero) is 1. The molecule has 116 valence electrons. The Balaban J connectivity index is 2.16. The molecule has 21 heavy (non-hydrogen) atoms. The second-order valence-corrected chi connectivity index (χ2v) is 7.61. The van der Waals surface area contributed by atoms with Crippen LogP contribution in [0.5, 0.6) is 0 Å². The van der Waals surface area contributed by atoms with E-state index in [1.807, 2.05) is 0 Å². The van der Waals surface area contributed by atoms with E-state index in [1.54, 1.807) is 25.2 Å². The molecule has 2 rings (SSSR count). The van der Waals surface area contributed by atoms with E-state index >= 15 is 0 Å². The van der Waals surface area contributed by atoms with E-state index in [4.69, 9.17) is 0 Å². The van der Waals surface area contributed by atoms with Crippen LogP contribution >= 0.6 is 0 Å². The number of carbonyl (C=O) groups is 1. The molecule has 1 saturated heterocycles. The van der Waals surface area contributed by atoms with E-state index in [1.165, 1.54) is 17.3 Å². The number of hydrogen-bond acceptors (Lipinski definition) is 4. The van der Waals surface area contributed by atoms with E-state index in [9.17, 15) is 13.2 Å². The van der Waals surface area contributed by atoms with E-state index in [0.29, 0.717) is 18.0 Å². The molecular formula is C15H22N2O3S. The van der Waals surface area contributed by atoms with E-state index in [2.05, 4.69) is 5.32 Å². The zero-order valence-electron chi connectivity index (χ0n) is 12.5. The topological polar surface area (TPSA) is 66.5 Å². The lowest BCUT2D eigenvalue weighted by Crippen LogP contribution is -2.37. The number of ketones is 1. The average molecular weight is 310 g/mol. The van der Waals surface area contributed by atoms with Gasteiger partial charge in [-0.15, -0.1) is 0 Å². The van der Waals surface area contributed by atoms with Crippen molar-refractivity contribution in [2.24, 2.45) is 5.92 Å². The Kier molecular flexibility index (Phi) is 5.13. The monoisotopic (exact) mass is 310 g/mol. The van der Waals surface area contributed by atoms with Crippen molar-refractivity contribution in [3.05, 3.63) is 29.8 Å². The number of hydrogen-bond donors (Lipinski definition) is 1. The summed E-state index contributed by atoms with van der Waals surface area (Å²) in [5, 5.41) is 3.27. The molecule has 1 aliphatic heterocycles. The summed E-state index contributed by atoms with van der Waals surface area (Å²) in [7, 11) is -1.92. The molecule has 0 aliphatic carbocycles. The third-order valence-electron chi connectivity index (χ3n) is 3.92. The second-order valence-electron chi connectivity index (χ2n) is 5.56. The number of sulfonamides is 1. The first-order valence-electron chi connectivity index (χ1n) is 7.19. The third kappa shape index (κ3) is 3.90. The summed E-state index contributed by atoms with van der Waals surface area (Å²) in [6.45, 7) is 3.84. The van der Waals surface area contributed by atoms with Gasteiger partial charge in [-0.05, 0) is 50.9 Å². The molecule has 1 aromatic carbocycles. The zero-order valence-corrected chi connectivity index (χ0v) is 13.3. The molecule has 6 heteroatoms. The minimum Gasteiger partial charge on any atom is -0.317 e. The van der Waals surface area contributed by atoms with Gasteiger partial charge in [0.1, 0.15) is 0 Å². The van der Waals surface area contributed by atoms with Gasteiger partial charge in [0.2, 0.25) is 10.0 Å². The second kappa shape index (κ2) is 6.68. The largest absolute Gasteiger partial charge is 0.317 e. The molecule has 0 radical (unpaired) electrons. The van der Waals surface area contributed by atoms with Gasteiger partial charge in [-0.3, -0.25) is 4.79 Å². The first-order chi connectivity index (χ1) is 9.91. The first kappa shape index (κ1) is 16.1. The third-order valence-corrected chi connectivity index (χ3v) is 5.74. The molecular weight excluding hydrogens is 288 g/mol. The molecule has 0 spiro atoms. The lowest BCUT2D eigenvalue weighted by atomic mass is 9.98. The van der Waals surface area contributed by atoms with Crippen LogP contribution < -0.4 is 5.32 Å². The Morgan fingerprint density at radius 1 is 1.33 bits per heavy atom. The van der Waals surface area contributed by atoms with Crippen LogP contribution in [0, 0.1) is 5.92 Å². The van der Waals surface area contributed by atoms with Crippen molar-refractivity contribution in [1.29, 1.82) is 0 Å². The predicted molar refractivity (Wildman–Crippen MR) is 81.9 cm³/mol. The van der Waals surface area contributed by atoms with Gasteiger partial charge in [0.25, 0.3) is 0 Å². The lowest BCUT2D eigenvalue weighted by molar-refractivity contribution is 0.101. The maximum absolute atomic E-state index is 12.6. The molecule has 1 aromatic rings. The number of nitrogens with zero attached hydrogens (tertiary/aromatic N) is 1. The van der Waals surface area contributed by atoms with Crippen LogP contribution in [-0.2, 0) is 10.0 Å². The standard InChI is InChI=1S/C15H22N2O3S/c1-12(18)14-4-3-5-15(10-14)21(19,20)17(2)11-13-6-8-16-9-7-13/h3-5,10,13,16H,6-9,11H2,1-2H3. The van der Waals surface area contributed by atoms with Crippen molar-refractivity contribution in [1.82, 2.24) is 9.62 Å². The molecule has 1 N–H and O–H groups in total. The molecule has 1 aliphatic rings. The SMILES string of the molecule is CC(=O)c1cccc(S(=O)(=O)N(C)CC2CCNCC2)c1. The maximum Gasteiger partial charge on any atom is 0.242 e. The molecule has 0 saturated carbocycles. The Hall–Kier alpha value is -1.24. The number of benzene rings is 1. The first-order valence-corrected chi connectivity index (χ1v) is 8.63. The smallest absolute Gasteiger partial charge is 0.242 e. The van der Waals surface area contributed by atoms with Crippen LogP contribution in [-0.4, -0.2) is 45.2 Å². The van der Waals surface area contributed by atoms with Crippen molar-refractivity contribution in [2.75, 3.05) is 26.7 Å². The minimum absolute atomic E-state index is 0.131. The number of piperidine rings is 1. The van der Waals surface area contributed by atoms with Crippen molar-refractivity contribution in [2.45, 2.75) is 24.7 Å². The Bertz CT molecular complexity index is 607. The van der Waals surface area contributed by atoms with Gasteiger partial charge in [0.05, 0.1) is 4.90 Å². The summed E-state index contributed by atoms with van der Waals surface area (Å²) >= 11 is 0. The van der Waals surface area contributed by atoms with Crippen LogP contribution in [0.2, 0.25) is 0 Å². The minimum atomic E-state index is -3.53. The highest BCUT2D eigenvalue weighted by Gasteiger charge is 2.25. The van der Waals surface area contributed by atoms with Gasteiger partial charge in [0.15, 0.2) is 5.78 Å². The highest BCUT2D eigenvalue weighted by Crippen LogP contribution is 2.20. The summed E-state index contributed by atoms with van der Waals surface area (Å²) in [5.41, 5.74) is 0.423. The van der Waals surface area contributed by atoms with Crippen molar-refractivity contribution in [3.63, 3.8) is 0 Å². The predicted octanol–water partition coefficient (Wildman–Crippen LogP) is 1.51. The van der Waals surface area contributed by atoms with Crippen LogP contribution in [0.3, 0.4) is 0 Å². The average Bonchev–Trinajstić information content (AvgIpc) is 2.48. The highest BCUT2D eigenvalue weighted by atomic mass is 32.2. The summed E-state index contributed by atoms with van der Waals surface area (Å²) in [5.74, 6) is 0.259. The molecule has 1 fully saturated rings. The molecule has 0 bridgehead atoms. The molecule has 1 heterocycles. The summed E-state index contributed by atoms with van der Waals surface area (Å²) in [6.07, 6.45) is 1.99. The van der Waals surface area contributed by atoms with Crippen LogP contribution in [0.15, 0.2) is 29.2 Å². The number of nitrogens with one attached hydrogen (secondary N) is 1. The maximum atomic E-state index is 12.6. The molecule has 0 aromatic heterocycles.